The van der Waals surface area contributed by atoms with Gasteiger partial charge in [0.1, 0.15) is 0 Å². The van der Waals surface area contributed by atoms with Crippen molar-refractivity contribution in [3.05, 3.63) is 23.7 Å². The van der Waals surface area contributed by atoms with Gasteiger partial charge in [-0.15, -0.1) is 0 Å². The molecule has 0 saturated heterocycles. The first-order valence-corrected chi connectivity index (χ1v) is 2.90. The topological polar surface area (TPSA) is 63.6 Å². The number of ketones is 2. The first-order valence-electron chi connectivity index (χ1n) is 2.90. The average Bonchev–Trinajstić information content (AvgIpc) is 1.97. The first-order chi connectivity index (χ1) is 5.15. The predicted molar refractivity (Wildman–Crippen MR) is 35.8 cm³/mol. The summed E-state index contributed by atoms with van der Waals surface area (Å²) in [4.78, 5) is 21.5. The van der Waals surface area contributed by atoms with E-state index < -0.39 is 17.3 Å². The molecule has 0 aromatic heterocycles. The quantitative estimate of drug-likeness (QED) is 0.544. The van der Waals surface area contributed by atoms with Crippen molar-refractivity contribution in [2.75, 3.05) is 7.11 Å². The highest BCUT2D eigenvalue weighted by molar-refractivity contribution is 6.17. The highest BCUT2D eigenvalue weighted by Gasteiger charge is 2.19. The summed E-state index contributed by atoms with van der Waals surface area (Å²) in [6, 6.07) is 0. The SMILES string of the molecule is COC1=CC(=O)C(O)=CC1=O. The Bertz CT molecular complexity index is 272. The van der Waals surface area contributed by atoms with Crippen LogP contribution in [0.1, 0.15) is 0 Å². The third-order valence-electron chi connectivity index (χ3n) is 1.25. The lowest BCUT2D eigenvalue weighted by Gasteiger charge is -2.05. The van der Waals surface area contributed by atoms with E-state index in [1.807, 2.05) is 0 Å². The molecular weight excluding hydrogens is 148 g/mol. The predicted octanol–water partition coefficient (Wildman–Crippen LogP) is 0.110. The fourth-order valence-corrected chi connectivity index (χ4v) is 0.690. The van der Waals surface area contributed by atoms with Crippen LogP contribution >= 0.6 is 0 Å². The molecule has 0 radical (unpaired) electrons. The molecule has 0 aromatic rings. The molecule has 0 aliphatic heterocycles. The van der Waals surface area contributed by atoms with Crippen LogP contribution in [0.5, 0.6) is 0 Å². The van der Waals surface area contributed by atoms with Gasteiger partial charge in [0, 0.05) is 12.2 Å². The number of aliphatic hydroxyl groups excluding tert-OH is 1. The second-order valence-electron chi connectivity index (χ2n) is 1.97. The molecule has 0 unspecified atom stereocenters. The Morgan fingerprint density at radius 3 is 2.45 bits per heavy atom. The summed E-state index contributed by atoms with van der Waals surface area (Å²) in [5.41, 5.74) is 0. The van der Waals surface area contributed by atoms with E-state index in [4.69, 9.17) is 5.11 Å². The molecule has 58 valence electrons. The van der Waals surface area contributed by atoms with Crippen LogP contribution in [-0.2, 0) is 14.3 Å². The fourth-order valence-electron chi connectivity index (χ4n) is 0.690. The Kier molecular flexibility index (Phi) is 1.76. The zero-order chi connectivity index (χ0) is 8.43. The first kappa shape index (κ1) is 7.53. The zero-order valence-electron chi connectivity index (χ0n) is 5.83. The molecule has 0 heterocycles. The molecule has 1 N–H and O–H groups in total. The Hall–Kier alpha value is -1.58. The zero-order valence-corrected chi connectivity index (χ0v) is 5.83. The molecule has 0 bridgehead atoms. The van der Waals surface area contributed by atoms with Gasteiger partial charge >= 0.3 is 0 Å². The lowest BCUT2D eigenvalue weighted by atomic mass is 10.1. The smallest absolute Gasteiger partial charge is 0.224 e. The molecule has 1 aliphatic carbocycles. The Balaban J connectivity index is 2.98. The number of methoxy groups -OCH3 is 1. The van der Waals surface area contributed by atoms with Crippen LogP contribution in [0.4, 0.5) is 0 Å². The molecule has 0 saturated carbocycles. The lowest BCUT2D eigenvalue weighted by molar-refractivity contribution is -0.118. The molecule has 1 rings (SSSR count). The van der Waals surface area contributed by atoms with Gasteiger partial charge in [0.05, 0.1) is 7.11 Å². The maximum absolute atomic E-state index is 10.8. The molecular formula is C7H6O4. The number of aliphatic hydroxyl groups is 1. The van der Waals surface area contributed by atoms with E-state index in [1.165, 1.54) is 7.11 Å². The van der Waals surface area contributed by atoms with Crippen molar-refractivity contribution in [1.29, 1.82) is 0 Å². The van der Waals surface area contributed by atoms with Crippen LogP contribution < -0.4 is 0 Å². The second-order valence-corrected chi connectivity index (χ2v) is 1.97. The molecule has 0 spiro atoms. The summed E-state index contributed by atoms with van der Waals surface area (Å²) in [5, 5.41) is 8.75. The van der Waals surface area contributed by atoms with E-state index in [2.05, 4.69) is 4.74 Å². The highest BCUT2D eigenvalue weighted by atomic mass is 16.5. The Labute approximate surface area is 62.8 Å². The third-order valence-corrected chi connectivity index (χ3v) is 1.25. The number of hydrogen-bond acceptors (Lipinski definition) is 4. The number of ether oxygens (including phenoxy) is 1. The van der Waals surface area contributed by atoms with E-state index in [0.717, 1.165) is 12.2 Å². The van der Waals surface area contributed by atoms with Gasteiger partial charge in [-0.2, -0.15) is 0 Å². The maximum Gasteiger partial charge on any atom is 0.224 e. The number of rotatable bonds is 1. The molecule has 0 aromatic carbocycles. The average molecular weight is 154 g/mol. The number of carbonyl (C=O) groups is 2. The molecule has 0 amide bonds. The second kappa shape index (κ2) is 2.57. The van der Waals surface area contributed by atoms with Gasteiger partial charge in [-0.1, -0.05) is 0 Å². The molecule has 4 heteroatoms. The molecule has 0 fully saturated rings. The maximum atomic E-state index is 10.8. The fraction of sp³-hybridized carbons (Fsp3) is 0.143. The van der Waals surface area contributed by atoms with Crippen LogP contribution in [0.15, 0.2) is 23.7 Å². The van der Waals surface area contributed by atoms with Crippen molar-refractivity contribution in [2.24, 2.45) is 0 Å². The summed E-state index contributed by atoms with van der Waals surface area (Å²) in [5.74, 6) is -1.70. The molecule has 4 nitrogen and oxygen atoms in total. The minimum absolute atomic E-state index is 0.0483. The van der Waals surface area contributed by atoms with Crippen molar-refractivity contribution >= 4 is 11.6 Å². The van der Waals surface area contributed by atoms with Crippen molar-refractivity contribution in [3.63, 3.8) is 0 Å². The number of hydrogen-bond donors (Lipinski definition) is 1. The highest BCUT2D eigenvalue weighted by Crippen LogP contribution is 2.09. The van der Waals surface area contributed by atoms with E-state index in [1.54, 1.807) is 0 Å². The van der Waals surface area contributed by atoms with Crippen LogP contribution in [0.3, 0.4) is 0 Å². The molecule has 0 atom stereocenters. The van der Waals surface area contributed by atoms with Gasteiger partial charge in [0.15, 0.2) is 11.5 Å². The summed E-state index contributed by atoms with van der Waals surface area (Å²) >= 11 is 0. The Morgan fingerprint density at radius 1 is 1.27 bits per heavy atom. The van der Waals surface area contributed by atoms with Crippen molar-refractivity contribution in [2.45, 2.75) is 0 Å². The van der Waals surface area contributed by atoms with Gasteiger partial charge < -0.3 is 9.84 Å². The van der Waals surface area contributed by atoms with Crippen LogP contribution in [0.25, 0.3) is 0 Å². The lowest BCUT2D eigenvalue weighted by Crippen LogP contribution is -2.13. The van der Waals surface area contributed by atoms with Gasteiger partial charge in [-0.05, 0) is 0 Å². The summed E-state index contributed by atoms with van der Waals surface area (Å²) in [7, 11) is 1.28. The van der Waals surface area contributed by atoms with Crippen LogP contribution in [0.2, 0.25) is 0 Å². The molecule has 11 heavy (non-hydrogen) atoms. The standard InChI is InChI=1S/C7H6O4/c1-11-7-3-5(9)4(8)2-6(7)10/h2-3,8H,1H3. The van der Waals surface area contributed by atoms with Crippen molar-refractivity contribution in [1.82, 2.24) is 0 Å². The Morgan fingerprint density at radius 2 is 1.91 bits per heavy atom. The van der Waals surface area contributed by atoms with Gasteiger partial charge in [0.25, 0.3) is 0 Å². The minimum atomic E-state index is -0.610. The third kappa shape index (κ3) is 1.29. The van der Waals surface area contributed by atoms with E-state index in [0.29, 0.717) is 0 Å². The van der Waals surface area contributed by atoms with E-state index in [-0.39, 0.29) is 5.76 Å². The summed E-state index contributed by atoms with van der Waals surface area (Å²) < 4.78 is 4.56. The summed E-state index contributed by atoms with van der Waals surface area (Å²) in [6.45, 7) is 0. The normalized spacial score (nSPS) is 17.5. The number of carbonyl (C=O) groups excluding carboxylic acids is 2. The van der Waals surface area contributed by atoms with Gasteiger partial charge in [0.2, 0.25) is 11.6 Å². The van der Waals surface area contributed by atoms with E-state index in [9.17, 15) is 9.59 Å². The largest absolute Gasteiger partial charge is 0.504 e. The minimum Gasteiger partial charge on any atom is -0.504 e. The van der Waals surface area contributed by atoms with Crippen LogP contribution in [0, 0.1) is 0 Å². The monoisotopic (exact) mass is 154 g/mol. The van der Waals surface area contributed by atoms with Crippen LogP contribution in [-0.4, -0.2) is 23.8 Å². The van der Waals surface area contributed by atoms with Gasteiger partial charge in [-0.25, -0.2) is 0 Å². The van der Waals surface area contributed by atoms with E-state index >= 15 is 0 Å². The molecule has 1 aliphatic rings. The van der Waals surface area contributed by atoms with Crippen molar-refractivity contribution < 1.29 is 19.4 Å². The van der Waals surface area contributed by atoms with Crippen molar-refractivity contribution in [3.8, 4) is 0 Å². The number of allylic oxidation sites excluding steroid dienone is 2. The van der Waals surface area contributed by atoms with Gasteiger partial charge in [-0.3, -0.25) is 9.59 Å². The summed E-state index contributed by atoms with van der Waals surface area (Å²) in [6.07, 6.45) is 1.79.